The molecule has 0 radical (unpaired) electrons. The number of benzene rings is 2. The predicted octanol–water partition coefficient (Wildman–Crippen LogP) is 5.05. The van der Waals surface area contributed by atoms with Crippen molar-refractivity contribution < 1.29 is 13.5 Å². The van der Waals surface area contributed by atoms with Crippen molar-refractivity contribution in [2.45, 2.75) is 12.5 Å². The van der Waals surface area contributed by atoms with Gasteiger partial charge in [-0.15, -0.1) is 11.6 Å². The average Bonchev–Trinajstić information content (AvgIpc) is 2.36. The van der Waals surface area contributed by atoms with Crippen LogP contribution in [-0.2, 0) is 12.5 Å². The summed E-state index contributed by atoms with van der Waals surface area (Å²) in [6, 6.07) is 8.74. The summed E-state index contributed by atoms with van der Waals surface area (Å²) in [5.74, 6) is -0.225. The van der Waals surface area contributed by atoms with Gasteiger partial charge in [0.1, 0.15) is 24.0 Å². The molecular weight excluding hydrogens is 338 g/mol. The van der Waals surface area contributed by atoms with E-state index in [2.05, 4.69) is 15.9 Å². The van der Waals surface area contributed by atoms with Gasteiger partial charge in [0.2, 0.25) is 0 Å². The molecule has 0 amide bonds. The first-order chi connectivity index (χ1) is 9.08. The van der Waals surface area contributed by atoms with E-state index >= 15 is 0 Å². The summed E-state index contributed by atoms with van der Waals surface area (Å²) < 4.78 is 32.3. The Kier molecular flexibility index (Phi) is 4.77. The van der Waals surface area contributed by atoms with Gasteiger partial charge in [-0.1, -0.05) is 6.07 Å². The topological polar surface area (TPSA) is 9.23 Å². The summed E-state index contributed by atoms with van der Waals surface area (Å²) in [5.41, 5.74) is 1.39. The molecule has 1 nitrogen and oxygen atoms in total. The molecule has 0 aliphatic heterocycles. The van der Waals surface area contributed by atoms with Crippen molar-refractivity contribution in [3.05, 3.63) is 63.6 Å². The molecule has 0 bridgehead atoms. The molecule has 0 aromatic heterocycles. The van der Waals surface area contributed by atoms with Crippen molar-refractivity contribution in [2.24, 2.45) is 0 Å². The number of ether oxygens (including phenoxy) is 1. The summed E-state index contributed by atoms with van der Waals surface area (Å²) in [6.45, 7) is 0.0908. The lowest BCUT2D eigenvalue weighted by atomic mass is 10.2. The number of alkyl halides is 1. The standard InChI is InChI=1S/C14H10BrClF2O/c15-13-5-9(7-16)1-2-14(13)19-8-10-3-11(17)6-12(18)4-10/h1-6H,7-8H2. The van der Waals surface area contributed by atoms with Crippen LogP contribution in [0.4, 0.5) is 8.78 Å². The lowest BCUT2D eigenvalue weighted by molar-refractivity contribution is 0.303. The highest BCUT2D eigenvalue weighted by Gasteiger charge is 2.05. The minimum absolute atomic E-state index is 0.0908. The van der Waals surface area contributed by atoms with Crippen molar-refractivity contribution in [3.8, 4) is 5.75 Å². The zero-order chi connectivity index (χ0) is 13.8. The van der Waals surface area contributed by atoms with Crippen LogP contribution in [0.15, 0.2) is 40.9 Å². The zero-order valence-electron chi connectivity index (χ0n) is 9.80. The third-order valence-electron chi connectivity index (χ3n) is 2.47. The summed E-state index contributed by atoms with van der Waals surface area (Å²) in [4.78, 5) is 0. The number of rotatable bonds is 4. The van der Waals surface area contributed by atoms with Gasteiger partial charge in [0.05, 0.1) is 4.47 Å². The van der Waals surface area contributed by atoms with E-state index in [0.717, 1.165) is 16.1 Å². The Balaban J connectivity index is 2.10. The first-order valence-electron chi connectivity index (χ1n) is 5.50. The van der Waals surface area contributed by atoms with Gasteiger partial charge in [-0.05, 0) is 51.3 Å². The third-order valence-corrected chi connectivity index (χ3v) is 3.40. The van der Waals surface area contributed by atoms with Crippen molar-refractivity contribution in [2.75, 3.05) is 0 Å². The molecule has 19 heavy (non-hydrogen) atoms. The van der Waals surface area contributed by atoms with Gasteiger partial charge in [0.25, 0.3) is 0 Å². The van der Waals surface area contributed by atoms with Gasteiger partial charge in [-0.3, -0.25) is 0 Å². The summed E-state index contributed by atoms with van der Waals surface area (Å²) in [7, 11) is 0. The van der Waals surface area contributed by atoms with Crippen LogP contribution in [0.25, 0.3) is 0 Å². The minimum atomic E-state index is -0.616. The Bertz CT molecular complexity index is 569. The lowest BCUT2D eigenvalue weighted by Crippen LogP contribution is -1.98. The quantitative estimate of drug-likeness (QED) is 0.704. The van der Waals surface area contributed by atoms with Crippen LogP contribution in [0, 0.1) is 11.6 Å². The first kappa shape index (κ1) is 14.3. The second-order valence-electron chi connectivity index (χ2n) is 3.96. The van der Waals surface area contributed by atoms with Gasteiger partial charge in [0.15, 0.2) is 0 Å². The molecule has 0 N–H and O–H groups in total. The normalized spacial score (nSPS) is 10.5. The summed E-state index contributed by atoms with van der Waals surface area (Å²) in [6.07, 6.45) is 0. The highest BCUT2D eigenvalue weighted by atomic mass is 79.9. The van der Waals surface area contributed by atoms with Crippen LogP contribution < -0.4 is 4.74 Å². The molecule has 100 valence electrons. The van der Waals surface area contributed by atoms with E-state index in [-0.39, 0.29) is 6.61 Å². The van der Waals surface area contributed by atoms with Crippen LogP contribution in [0.2, 0.25) is 0 Å². The Morgan fingerprint density at radius 1 is 1.00 bits per heavy atom. The molecule has 0 saturated carbocycles. The van der Waals surface area contributed by atoms with Gasteiger partial charge >= 0.3 is 0 Å². The molecule has 2 rings (SSSR count). The van der Waals surface area contributed by atoms with E-state index in [0.29, 0.717) is 17.2 Å². The Morgan fingerprint density at radius 3 is 2.26 bits per heavy atom. The van der Waals surface area contributed by atoms with E-state index in [4.69, 9.17) is 16.3 Å². The lowest BCUT2D eigenvalue weighted by Gasteiger charge is -2.09. The average molecular weight is 348 g/mol. The molecule has 5 heteroatoms. The molecule has 0 spiro atoms. The summed E-state index contributed by atoms with van der Waals surface area (Å²) in [5, 5.41) is 0. The van der Waals surface area contributed by atoms with E-state index in [1.807, 2.05) is 12.1 Å². The maximum atomic E-state index is 13.0. The Labute approximate surface area is 123 Å². The highest BCUT2D eigenvalue weighted by molar-refractivity contribution is 9.10. The van der Waals surface area contributed by atoms with Gasteiger partial charge in [-0.25, -0.2) is 8.78 Å². The summed E-state index contributed by atoms with van der Waals surface area (Å²) >= 11 is 9.07. The van der Waals surface area contributed by atoms with Crippen LogP contribution in [0.3, 0.4) is 0 Å². The number of hydrogen-bond donors (Lipinski definition) is 0. The van der Waals surface area contributed by atoms with Crippen molar-refractivity contribution in [1.82, 2.24) is 0 Å². The van der Waals surface area contributed by atoms with Crippen molar-refractivity contribution in [3.63, 3.8) is 0 Å². The Morgan fingerprint density at radius 2 is 1.68 bits per heavy atom. The smallest absolute Gasteiger partial charge is 0.134 e. The molecule has 0 saturated heterocycles. The van der Waals surface area contributed by atoms with Crippen LogP contribution in [0.5, 0.6) is 5.75 Å². The monoisotopic (exact) mass is 346 g/mol. The molecule has 2 aromatic carbocycles. The Hall–Kier alpha value is -1.13. The van der Waals surface area contributed by atoms with Crippen molar-refractivity contribution >= 4 is 27.5 Å². The fourth-order valence-corrected chi connectivity index (χ4v) is 2.31. The van der Waals surface area contributed by atoms with Crippen LogP contribution >= 0.6 is 27.5 Å². The maximum absolute atomic E-state index is 13.0. The largest absolute Gasteiger partial charge is 0.488 e. The van der Waals surface area contributed by atoms with Crippen LogP contribution in [0.1, 0.15) is 11.1 Å². The van der Waals surface area contributed by atoms with Gasteiger partial charge < -0.3 is 4.74 Å². The van der Waals surface area contributed by atoms with E-state index in [1.54, 1.807) is 6.07 Å². The molecule has 0 heterocycles. The molecule has 0 atom stereocenters. The molecule has 0 unspecified atom stereocenters. The number of halogens is 4. The van der Waals surface area contributed by atoms with Crippen LogP contribution in [-0.4, -0.2) is 0 Å². The van der Waals surface area contributed by atoms with E-state index in [1.165, 1.54) is 12.1 Å². The molecule has 0 fully saturated rings. The molecule has 2 aromatic rings. The fraction of sp³-hybridized carbons (Fsp3) is 0.143. The molecule has 0 aliphatic carbocycles. The third kappa shape index (κ3) is 3.91. The SMILES string of the molecule is Fc1cc(F)cc(COc2ccc(CCl)cc2Br)c1. The van der Waals surface area contributed by atoms with Gasteiger partial charge in [0, 0.05) is 11.9 Å². The molecule has 0 aliphatic rings. The number of hydrogen-bond acceptors (Lipinski definition) is 1. The van der Waals surface area contributed by atoms with E-state index < -0.39 is 11.6 Å². The highest BCUT2D eigenvalue weighted by Crippen LogP contribution is 2.27. The fourth-order valence-electron chi connectivity index (χ4n) is 1.60. The van der Waals surface area contributed by atoms with Gasteiger partial charge in [-0.2, -0.15) is 0 Å². The molecular formula is C14H10BrClF2O. The first-order valence-corrected chi connectivity index (χ1v) is 6.83. The van der Waals surface area contributed by atoms with Crippen molar-refractivity contribution in [1.29, 1.82) is 0 Å². The van der Waals surface area contributed by atoms with E-state index in [9.17, 15) is 8.78 Å². The maximum Gasteiger partial charge on any atom is 0.134 e. The second-order valence-corrected chi connectivity index (χ2v) is 5.09. The zero-order valence-corrected chi connectivity index (χ0v) is 12.1. The minimum Gasteiger partial charge on any atom is -0.488 e. The second kappa shape index (κ2) is 6.35. The predicted molar refractivity (Wildman–Crippen MR) is 74.4 cm³/mol.